The summed E-state index contributed by atoms with van der Waals surface area (Å²) in [5.74, 6) is -0.731. The SMILES string of the molecule is COc1cccc(C(O)=C2C(=O)C(=O)N(c3nc4c(C)cc(C)cc4s3)C2c2cccc(OC)c2)c1. The molecule has 1 aliphatic rings. The number of nitrogens with zero attached hydrogens (tertiary/aromatic N) is 2. The fourth-order valence-corrected chi connectivity index (χ4v) is 5.71. The number of rotatable bonds is 5. The summed E-state index contributed by atoms with van der Waals surface area (Å²) in [6, 6.07) is 17.0. The highest BCUT2D eigenvalue weighted by molar-refractivity contribution is 7.22. The number of aliphatic hydroxyl groups excluding tert-OH is 1. The van der Waals surface area contributed by atoms with Crippen LogP contribution in [0.4, 0.5) is 5.13 Å². The molecule has 1 fully saturated rings. The Morgan fingerprint density at radius 2 is 1.67 bits per heavy atom. The van der Waals surface area contributed by atoms with Gasteiger partial charge in [-0.05, 0) is 60.9 Å². The maximum Gasteiger partial charge on any atom is 0.301 e. The lowest BCUT2D eigenvalue weighted by atomic mass is 9.95. The zero-order valence-electron chi connectivity index (χ0n) is 20.2. The Hall–Kier alpha value is -4.17. The van der Waals surface area contributed by atoms with Crippen LogP contribution in [-0.2, 0) is 9.59 Å². The molecule has 1 saturated heterocycles. The van der Waals surface area contributed by atoms with Crippen molar-refractivity contribution in [3.8, 4) is 11.5 Å². The Morgan fingerprint density at radius 1 is 0.972 bits per heavy atom. The largest absolute Gasteiger partial charge is 0.507 e. The molecule has 1 N–H and O–H groups in total. The van der Waals surface area contributed by atoms with Crippen LogP contribution >= 0.6 is 11.3 Å². The minimum absolute atomic E-state index is 0.0198. The van der Waals surface area contributed by atoms with E-state index >= 15 is 0 Å². The normalized spacial score (nSPS) is 17.1. The first-order chi connectivity index (χ1) is 17.3. The Balaban J connectivity index is 1.75. The van der Waals surface area contributed by atoms with E-state index in [1.54, 1.807) is 55.6 Å². The van der Waals surface area contributed by atoms with Crippen molar-refractivity contribution in [2.24, 2.45) is 0 Å². The zero-order chi connectivity index (χ0) is 25.6. The van der Waals surface area contributed by atoms with Crippen LogP contribution in [0.15, 0.2) is 66.2 Å². The maximum absolute atomic E-state index is 13.5. The van der Waals surface area contributed by atoms with Crippen molar-refractivity contribution in [3.63, 3.8) is 0 Å². The minimum Gasteiger partial charge on any atom is -0.507 e. The van der Waals surface area contributed by atoms with Gasteiger partial charge in [0.25, 0.3) is 5.78 Å². The number of carbonyl (C=O) groups excluding carboxylic acids is 2. The third kappa shape index (κ3) is 3.89. The number of aromatic nitrogens is 1. The van der Waals surface area contributed by atoms with E-state index in [1.807, 2.05) is 26.0 Å². The van der Waals surface area contributed by atoms with E-state index < -0.39 is 17.7 Å². The minimum atomic E-state index is -0.895. The summed E-state index contributed by atoms with van der Waals surface area (Å²) < 4.78 is 11.6. The number of carbonyl (C=O) groups is 2. The number of thiazole rings is 1. The number of fused-ring (bicyclic) bond motifs is 1. The molecule has 0 aliphatic carbocycles. The van der Waals surface area contributed by atoms with E-state index in [-0.39, 0.29) is 11.3 Å². The molecule has 7 nitrogen and oxygen atoms in total. The molecule has 1 amide bonds. The molecule has 0 spiro atoms. The highest BCUT2D eigenvalue weighted by atomic mass is 32.1. The summed E-state index contributed by atoms with van der Waals surface area (Å²) in [5, 5.41) is 11.7. The van der Waals surface area contributed by atoms with Gasteiger partial charge < -0.3 is 14.6 Å². The van der Waals surface area contributed by atoms with Crippen molar-refractivity contribution in [1.82, 2.24) is 4.98 Å². The molecule has 0 radical (unpaired) electrons. The van der Waals surface area contributed by atoms with Crippen molar-refractivity contribution in [2.75, 3.05) is 19.1 Å². The van der Waals surface area contributed by atoms with Crippen LogP contribution in [0.2, 0.25) is 0 Å². The number of aryl methyl sites for hydroxylation is 2. The van der Waals surface area contributed by atoms with E-state index in [9.17, 15) is 14.7 Å². The number of benzene rings is 3. The number of Topliss-reactive ketones (excluding diaryl/α,β-unsaturated/α-hetero) is 1. The number of hydrogen-bond donors (Lipinski definition) is 1. The van der Waals surface area contributed by atoms with Crippen LogP contribution in [0, 0.1) is 13.8 Å². The number of ether oxygens (including phenoxy) is 2. The number of ketones is 1. The summed E-state index contributed by atoms with van der Waals surface area (Å²) in [6.07, 6.45) is 0. The lowest BCUT2D eigenvalue weighted by molar-refractivity contribution is -0.132. The Morgan fingerprint density at radius 3 is 2.39 bits per heavy atom. The van der Waals surface area contributed by atoms with Gasteiger partial charge in [-0.2, -0.15) is 0 Å². The third-order valence-corrected chi connectivity index (χ3v) is 7.22. The van der Waals surface area contributed by atoms with E-state index in [1.165, 1.54) is 23.3 Å². The smallest absolute Gasteiger partial charge is 0.301 e. The number of amides is 1. The second-order valence-corrected chi connectivity index (χ2v) is 9.61. The van der Waals surface area contributed by atoms with Crippen molar-refractivity contribution in [1.29, 1.82) is 0 Å². The molecule has 2 heterocycles. The van der Waals surface area contributed by atoms with Crippen LogP contribution in [0.5, 0.6) is 11.5 Å². The van der Waals surface area contributed by atoms with Gasteiger partial charge in [-0.3, -0.25) is 14.5 Å². The van der Waals surface area contributed by atoms with Gasteiger partial charge in [-0.1, -0.05) is 41.7 Å². The van der Waals surface area contributed by atoms with Gasteiger partial charge in [-0.25, -0.2) is 4.98 Å². The highest BCUT2D eigenvalue weighted by Crippen LogP contribution is 2.45. The first-order valence-electron chi connectivity index (χ1n) is 11.3. The lowest BCUT2D eigenvalue weighted by Gasteiger charge is -2.23. The molecular weight excluding hydrogens is 476 g/mol. The number of anilines is 1. The second-order valence-electron chi connectivity index (χ2n) is 8.60. The molecule has 3 aromatic carbocycles. The predicted molar refractivity (Wildman–Crippen MR) is 140 cm³/mol. The zero-order valence-corrected chi connectivity index (χ0v) is 21.1. The van der Waals surface area contributed by atoms with Gasteiger partial charge in [0.2, 0.25) is 0 Å². The fourth-order valence-electron chi connectivity index (χ4n) is 4.54. The predicted octanol–water partition coefficient (Wildman–Crippen LogP) is 5.56. The molecule has 1 unspecified atom stereocenters. The summed E-state index contributed by atoms with van der Waals surface area (Å²) >= 11 is 1.34. The third-order valence-electron chi connectivity index (χ3n) is 6.22. The van der Waals surface area contributed by atoms with Crippen LogP contribution in [-0.4, -0.2) is 36.0 Å². The van der Waals surface area contributed by atoms with Crippen LogP contribution in [0.25, 0.3) is 16.0 Å². The van der Waals surface area contributed by atoms with E-state index in [0.717, 1.165) is 21.3 Å². The topological polar surface area (TPSA) is 89.0 Å². The van der Waals surface area contributed by atoms with Crippen molar-refractivity contribution in [3.05, 3.63) is 88.5 Å². The summed E-state index contributed by atoms with van der Waals surface area (Å²) in [5.41, 5.74) is 3.81. The maximum atomic E-state index is 13.5. The van der Waals surface area contributed by atoms with E-state index in [0.29, 0.717) is 27.8 Å². The van der Waals surface area contributed by atoms with E-state index in [4.69, 9.17) is 14.5 Å². The number of methoxy groups -OCH3 is 2. The number of aliphatic hydroxyl groups is 1. The first-order valence-corrected chi connectivity index (χ1v) is 12.1. The lowest BCUT2D eigenvalue weighted by Crippen LogP contribution is -2.29. The molecule has 1 aliphatic heterocycles. The highest BCUT2D eigenvalue weighted by Gasteiger charge is 2.48. The summed E-state index contributed by atoms with van der Waals surface area (Å²) in [7, 11) is 3.07. The van der Waals surface area contributed by atoms with Gasteiger partial charge in [-0.15, -0.1) is 0 Å². The van der Waals surface area contributed by atoms with Gasteiger partial charge in [0.15, 0.2) is 5.13 Å². The molecule has 8 heteroatoms. The fraction of sp³-hybridized carbons (Fsp3) is 0.179. The Bertz CT molecular complexity index is 1550. The van der Waals surface area contributed by atoms with Crippen molar-refractivity contribution >= 4 is 44.1 Å². The first kappa shape index (κ1) is 23.6. The summed E-state index contributed by atoms with van der Waals surface area (Å²) in [4.78, 5) is 33.0. The summed E-state index contributed by atoms with van der Waals surface area (Å²) in [6.45, 7) is 3.97. The molecule has 1 aromatic heterocycles. The van der Waals surface area contributed by atoms with Gasteiger partial charge in [0, 0.05) is 5.56 Å². The van der Waals surface area contributed by atoms with Crippen LogP contribution < -0.4 is 14.4 Å². The van der Waals surface area contributed by atoms with Crippen molar-refractivity contribution < 1.29 is 24.2 Å². The number of hydrogen-bond acceptors (Lipinski definition) is 7. The molecule has 5 rings (SSSR count). The monoisotopic (exact) mass is 500 g/mol. The molecule has 0 saturated carbocycles. The van der Waals surface area contributed by atoms with Gasteiger partial charge in [0.05, 0.1) is 36.1 Å². The van der Waals surface area contributed by atoms with Crippen molar-refractivity contribution in [2.45, 2.75) is 19.9 Å². The Labute approximate surface area is 212 Å². The molecule has 182 valence electrons. The molecule has 0 bridgehead atoms. The van der Waals surface area contributed by atoms with E-state index in [2.05, 4.69) is 0 Å². The molecule has 4 aromatic rings. The van der Waals surface area contributed by atoms with Gasteiger partial charge in [0.1, 0.15) is 17.3 Å². The quantitative estimate of drug-likeness (QED) is 0.219. The average molecular weight is 501 g/mol. The molecule has 1 atom stereocenters. The van der Waals surface area contributed by atoms with Crippen LogP contribution in [0.3, 0.4) is 0 Å². The van der Waals surface area contributed by atoms with Gasteiger partial charge >= 0.3 is 5.91 Å². The van der Waals surface area contributed by atoms with Crippen LogP contribution in [0.1, 0.15) is 28.3 Å². The molecule has 36 heavy (non-hydrogen) atoms. The average Bonchev–Trinajstić information content (AvgIpc) is 3.42. The Kier molecular flexibility index (Phi) is 5.97. The molecular formula is C28H24N2O5S. The standard InChI is InChI=1S/C28H24N2O5S/c1-15-11-16(2)23-21(12-15)36-28(29-23)30-24(17-7-5-9-19(13-17)34-3)22(26(32)27(30)33)25(31)18-8-6-10-20(14-18)35-4/h5-14,24,31H,1-4H3. The second kappa shape index (κ2) is 9.13.